The number of methoxy groups -OCH3 is 1. The average molecular weight is 245 g/mol. The van der Waals surface area contributed by atoms with Gasteiger partial charge in [0.1, 0.15) is 12.3 Å². The number of nitrogens with zero attached hydrogens (tertiary/aromatic N) is 2. The van der Waals surface area contributed by atoms with Crippen molar-refractivity contribution in [1.82, 2.24) is 4.98 Å². The molecular weight excluding hydrogens is 234 g/mol. The second kappa shape index (κ2) is 6.03. The molecule has 1 aromatic heterocycles. The number of nitrogen functional groups attached to an aromatic ring is 1. The van der Waals surface area contributed by atoms with Gasteiger partial charge in [-0.15, -0.1) is 11.3 Å². The van der Waals surface area contributed by atoms with Gasteiger partial charge >= 0.3 is 5.97 Å². The Kier molecular flexibility index (Phi) is 4.67. The highest BCUT2D eigenvalue weighted by atomic mass is 32.1. The number of thiazole rings is 1. The molecule has 1 aromatic rings. The van der Waals surface area contributed by atoms with E-state index < -0.39 is 5.97 Å². The lowest BCUT2D eigenvalue weighted by molar-refractivity contribution is -0.129. The number of oxime groups is 1. The molecule has 0 fully saturated rings. The maximum absolute atomic E-state index is 10.9. The van der Waals surface area contributed by atoms with Gasteiger partial charge in [-0.25, -0.2) is 9.78 Å². The van der Waals surface area contributed by atoms with Gasteiger partial charge in [0.05, 0.1) is 6.61 Å². The van der Waals surface area contributed by atoms with Crippen LogP contribution in [0.15, 0.2) is 10.5 Å². The number of carbonyl (C=O) groups is 1. The molecule has 7 nitrogen and oxygen atoms in total. The molecule has 1 heterocycles. The summed E-state index contributed by atoms with van der Waals surface area (Å²) in [4.78, 5) is 19.4. The quantitative estimate of drug-likeness (QED) is 0.420. The number of hydrogen-bond acceptors (Lipinski definition) is 7. The topological polar surface area (TPSA) is 107 Å². The predicted molar refractivity (Wildman–Crippen MR) is 58.5 cm³/mol. The third kappa shape index (κ3) is 3.48. The Morgan fingerprint density at radius 1 is 1.69 bits per heavy atom. The van der Waals surface area contributed by atoms with Crippen LogP contribution in [0.4, 0.5) is 5.13 Å². The fraction of sp³-hybridized carbons (Fsp3) is 0.375. The molecular formula is C8H11N3O4S. The summed E-state index contributed by atoms with van der Waals surface area (Å²) in [5, 5.41) is 14.1. The maximum Gasteiger partial charge on any atom is 0.360 e. The number of anilines is 1. The van der Waals surface area contributed by atoms with Crippen molar-refractivity contribution in [2.45, 2.75) is 0 Å². The Morgan fingerprint density at radius 2 is 2.44 bits per heavy atom. The molecule has 0 unspecified atom stereocenters. The first-order chi connectivity index (χ1) is 7.65. The Hall–Kier alpha value is -1.67. The van der Waals surface area contributed by atoms with E-state index in [4.69, 9.17) is 20.4 Å². The summed E-state index contributed by atoms with van der Waals surface area (Å²) in [7, 11) is 1.51. The van der Waals surface area contributed by atoms with Crippen LogP contribution in [0.5, 0.6) is 0 Å². The van der Waals surface area contributed by atoms with Crippen LogP contribution in [0.2, 0.25) is 0 Å². The molecule has 0 spiro atoms. The molecule has 88 valence electrons. The van der Waals surface area contributed by atoms with Gasteiger partial charge in [-0.2, -0.15) is 0 Å². The van der Waals surface area contributed by atoms with Crippen LogP contribution in [0.25, 0.3) is 0 Å². The van der Waals surface area contributed by atoms with Crippen molar-refractivity contribution in [3.63, 3.8) is 0 Å². The lowest BCUT2D eigenvalue weighted by atomic mass is 10.3. The minimum absolute atomic E-state index is 0.174. The van der Waals surface area contributed by atoms with E-state index in [1.807, 2.05) is 0 Å². The zero-order valence-electron chi connectivity index (χ0n) is 8.54. The Bertz CT molecular complexity index is 390. The van der Waals surface area contributed by atoms with Crippen LogP contribution in [-0.2, 0) is 14.4 Å². The van der Waals surface area contributed by atoms with E-state index in [1.165, 1.54) is 12.5 Å². The van der Waals surface area contributed by atoms with Gasteiger partial charge in [-0.3, -0.25) is 0 Å². The van der Waals surface area contributed by atoms with Gasteiger partial charge in [0.25, 0.3) is 0 Å². The second-order valence-corrected chi connectivity index (χ2v) is 3.53. The molecule has 1 rings (SSSR count). The van der Waals surface area contributed by atoms with Gasteiger partial charge in [-0.1, -0.05) is 5.16 Å². The third-order valence-electron chi connectivity index (χ3n) is 1.50. The van der Waals surface area contributed by atoms with Crippen LogP contribution in [0.3, 0.4) is 0 Å². The molecule has 0 saturated carbocycles. The lowest BCUT2D eigenvalue weighted by Crippen LogP contribution is -2.16. The average Bonchev–Trinajstić information content (AvgIpc) is 2.64. The fourth-order valence-electron chi connectivity index (χ4n) is 0.823. The van der Waals surface area contributed by atoms with Gasteiger partial charge < -0.3 is 20.4 Å². The standard InChI is InChI=1S/C8H11N3O4S/c1-14-2-3-15-11-6(7(12)13)5-4-16-8(9)10-5/h4H,2-3H2,1H3,(H2,9,10)(H,12,13). The van der Waals surface area contributed by atoms with Gasteiger partial charge in [0.15, 0.2) is 5.13 Å². The molecule has 0 radical (unpaired) electrons. The zero-order valence-corrected chi connectivity index (χ0v) is 9.36. The molecule has 0 aromatic carbocycles. The summed E-state index contributed by atoms with van der Waals surface area (Å²) in [5.41, 5.74) is 5.30. The van der Waals surface area contributed by atoms with Gasteiger partial charge in [0, 0.05) is 12.5 Å². The van der Waals surface area contributed by atoms with Crippen LogP contribution >= 0.6 is 11.3 Å². The first-order valence-electron chi connectivity index (χ1n) is 4.28. The van der Waals surface area contributed by atoms with Crippen molar-refractivity contribution in [3.8, 4) is 0 Å². The van der Waals surface area contributed by atoms with E-state index in [-0.39, 0.29) is 23.1 Å². The van der Waals surface area contributed by atoms with E-state index in [9.17, 15) is 4.79 Å². The zero-order chi connectivity index (χ0) is 12.0. The molecule has 0 aliphatic heterocycles. The smallest absolute Gasteiger partial charge is 0.360 e. The van der Waals surface area contributed by atoms with E-state index in [2.05, 4.69) is 10.1 Å². The van der Waals surface area contributed by atoms with Crippen molar-refractivity contribution >= 4 is 28.1 Å². The first kappa shape index (κ1) is 12.4. The summed E-state index contributed by atoms with van der Waals surface area (Å²) in [6.07, 6.45) is 0. The predicted octanol–water partition coefficient (Wildman–Crippen LogP) is 0.177. The van der Waals surface area contributed by atoms with E-state index in [0.29, 0.717) is 6.61 Å². The summed E-state index contributed by atoms with van der Waals surface area (Å²) < 4.78 is 4.72. The molecule has 0 aliphatic carbocycles. The summed E-state index contributed by atoms with van der Waals surface area (Å²) in [6.45, 7) is 0.502. The molecule has 0 atom stereocenters. The Labute approximate surface area is 95.5 Å². The number of carboxylic acid groups (broad SMARTS) is 1. The normalized spacial score (nSPS) is 11.4. The molecule has 16 heavy (non-hydrogen) atoms. The number of aliphatic carboxylic acids is 1. The van der Waals surface area contributed by atoms with Crippen LogP contribution in [0.1, 0.15) is 5.69 Å². The highest BCUT2D eigenvalue weighted by Crippen LogP contribution is 2.12. The van der Waals surface area contributed by atoms with Gasteiger partial charge in [-0.05, 0) is 0 Å². The summed E-state index contributed by atoms with van der Waals surface area (Å²) in [6, 6.07) is 0. The number of ether oxygens (including phenoxy) is 1. The molecule has 0 saturated heterocycles. The number of aromatic nitrogens is 1. The minimum atomic E-state index is -1.22. The van der Waals surface area contributed by atoms with Crippen molar-refractivity contribution in [3.05, 3.63) is 11.1 Å². The van der Waals surface area contributed by atoms with Crippen LogP contribution in [-0.4, -0.2) is 42.1 Å². The maximum atomic E-state index is 10.9. The molecule has 8 heteroatoms. The lowest BCUT2D eigenvalue weighted by Gasteiger charge is -1.99. The SMILES string of the molecule is COCCON=C(C(=O)O)c1csc(N)n1. The molecule has 0 aliphatic rings. The third-order valence-corrected chi connectivity index (χ3v) is 2.18. The van der Waals surface area contributed by atoms with Crippen molar-refractivity contribution in [2.75, 3.05) is 26.1 Å². The van der Waals surface area contributed by atoms with Crippen LogP contribution < -0.4 is 5.73 Å². The first-order valence-corrected chi connectivity index (χ1v) is 5.16. The van der Waals surface area contributed by atoms with E-state index in [0.717, 1.165) is 11.3 Å². The fourth-order valence-corrected chi connectivity index (χ4v) is 1.37. The highest BCUT2D eigenvalue weighted by molar-refractivity contribution is 7.13. The molecule has 3 N–H and O–H groups in total. The number of carboxylic acids is 1. The number of rotatable bonds is 6. The number of hydrogen-bond donors (Lipinski definition) is 2. The van der Waals surface area contributed by atoms with E-state index in [1.54, 1.807) is 0 Å². The monoisotopic (exact) mass is 245 g/mol. The highest BCUT2D eigenvalue weighted by Gasteiger charge is 2.16. The van der Waals surface area contributed by atoms with Crippen molar-refractivity contribution in [1.29, 1.82) is 0 Å². The molecule has 0 bridgehead atoms. The van der Waals surface area contributed by atoms with Crippen molar-refractivity contribution in [2.24, 2.45) is 5.16 Å². The summed E-state index contributed by atoms with van der Waals surface area (Å²) in [5.74, 6) is -1.22. The van der Waals surface area contributed by atoms with Crippen LogP contribution in [0, 0.1) is 0 Å². The van der Waals surface area contributed by atoms with E-state index >= 15 is 0 Å². The number of nitrogens with two attached hydrogens (primary N) is 1. The second-order valence-electron chi connectivity index (χ2n) is 2.64. The molecule has 0 amide bonds. The summed E-state index contributed by atoms with van der Waals surface area (Å²) >= 11 is 1.14. The largest absolute Gasteiger partial charge is 0.476 e. The Morgan fingerprint density at radius 3 is 2.94 bits per heavy atom. The Balaban J connectivity index is 2.71. The van der Waals surface area contributed by atoms with Gasteiger partial charge in [0.2, 0.25) is 5.71 Å². The van der Waals surface area contributed by atoms with Crippen molar-refractivity contribution < 1.29 is 19.5 Å². The minimum Gasteiger partial charge on any atom is -0.476 e.